The molecule has 16 heavy (non-hydrogen) atoms. The molecule has 0 bridgehead atoms. The highest BCUT2D eigenvalue weighted by Crippen LogP contribution is 2.56. The van der Waals surface area contributed by atoms with E-state index in [9.17, 15) is 5.11 Å². The van der Waals surface area contributed by atoms with Crippen LogP contribution in [0.2, 0.25) is 0 Å². The van der Waals surface area contributed by atoms with Gasteiger partial charge in [0.2, 0.25) is 0 Å². The summed E-state index contributed by atoms with van der Waals surface area (Å²) >= 11 is 0. The molecular formula is C15H24O. The minimum atomic E-state index is -0.126. The van der Waals surface area contributed by atoms with Gasteiger partial charge in [-0.3, -0.25) is 0 Å². The van der Waals surface area contributed by atoms with Crippen LogP contribution >= 0.6 is 0 Å². The Bertz CT molecular complexity index is 324. The summed E-state index contributed by atoms with van der Waals surface area (Å²) in [5.74, 6) is 1.11. The molecule has 1 heteroatoms. The maximum Gasteiger partial charge on any atom is 0.0602 e. The van der Waals surface area contributed by atoms with Crippen LogP contribution in [0.3, 0.4) is 0 Å². The average molecular weight is 220 g/mol. The van der Waals surface area contributed by atoms with Crippen molar-refractivity contribution in [1.82, 2.24) is 0 Å². The van der Waals surface area contributed by atoms with Gasteiger partial charge in [-0.25, -0.2) is 0 Å². The van der Waals surface area contributed by atoms with Crippen LogP contribution in [-0.4, -0.2) is 11.2 Å². The highest BCUT2D eigenvalue weighted by Gasteiger charge is 2.51. The Labute approximate surface area is 99.3 Å². The molecule has 0 radical (unpaired) electrons. The lowest BCUT2D eigenvalue weighted by atomic mass is 9.64. The molecule has 0 aromatic heterocycles. The van der Waals surface area contributed by atoms with E-state index in [1.54, 1.807) is 0 Å². The van der Waals surface area contributed by atoms with Gasteiger partial charge in [0, 0.05) is 5.41 Å². The SMILES string of the molecule is C=C1CC[C@@H](O)[C@]2(C)CC[C@H](C=C(C)C)[C@@H]12. The summed E-state index contributed by atoms with van der Waals surface area (Å²) < 4.78 is 0. The van der Waals surface area contributed by atoms with Crippen LogP contribution in [0.5, 0.6) is 0 Å². The first-order valence-corrected chi connectivity index (χ1v) is 6.46. The fraction of sp³-hybridized carbons (Fsp3) is 0.733. The Kier molecular flexibility index (Phi) is 3.00. The van der Waals surface area contributed by atoms with Gasteiger partial charge < -0.3 is 5.11 Å². The quantitative estimate of drug-likeness (QED) is 0.668. The van der Waals surface area contributed by atoms with Crippen molar-refractivity contribution in [2.75, 3.05) is 0 Å². The first-order valence-electron chi connectivity index (χ1n) is 6.46. The molecule has 90 valence electrons. The van der Waals surface area contributed by atoms with Crippen molar-refractivity contribution in [3.05, 3.63) is 23.8 Å². The summed E-state index contributed by atoms with van der Waals surface area (Å²) in [4.78, 5) is 0. The molecule has 1 N–H and O–H groups in total. The number of aliphatic hydroxyl groups is 1. The fourth-order valence-electron chi connectivity index (χ4n) is 3.85. The zero-order valence-corrected chi connectivity index (χ0v) is 10.8. The molecule has 0 amide bonds. The van der Waals surface area contributed by atoms with Crippen LogP contribution in [0, 0.1) is 17.3 Å². The van der Waals surface area contributed by atoms with Gasteiger partial charge in [-0.2, -0.15) is 0 Å². The number of hydrogen-bond acceptors (Lipinski definition) is 1. The molecule has 0 aromatic rings. The van der Waals surface area contributed by atoms with Gasteiger partial charge in [-0.1, -0.05) is 30.7 Å². The number of rotatable bonds is 1. The van der Waals surface area contributed by atoms with E-state index in [4.69, 9.17) is 0 Å². The van der Waals surface area contributed by atoms with Crippen LogP contribution in [0.25, 0.3) is 0 Å². The summed E-state index contributed by atoms with van der Waals surface area (Å²) in [6.45, 7) is 10.8. The van der Waals surface area contributed by atoms with Gasteiger partial charge in [0.1, 0.15) is 0 Å². The largest absolute Gasteiger partial charge is 0.393 e. The minimum Gasteiger partial charge on any atom is -0.393 e. The van der Waals surface area contributed by atoms with Crippen molar-refractivity contribution in [2.45, 2.75) is 52.6 Å². The van der Waals surface area contributed by atoms with Crippen LogP contribution in [0.4, 0.5) is 0 Å². The molecule has 2 fully saturated rings. The Hall–Kier alpha value is -0.560. The normalized spacial score (nSPS) is 43.0. The lowest BCUT2D eigenvalue weighted by Crippen LogP contribution is -2.41. The molecule has 0 aromatic carbocycles. The Morgan fingerprint density at radius 1 is 1.44 bits per heavy atom. The molecule has 0 saturated heterocycles. The number of aliphatic hydroxyl groups excluding tert-OH is 1. The van der Waals surface area contributed by atoms with Crippen LogP contribution in [-0.2, 0) is 0 Å². The fourth-order valence-corrected chi connectivity index (χ4v) is 3.85. The second kappa shape index (κ2) is 4.03. The van der Waals surface area contributed by atoms with E-state index in [0.29, 0.717) is 11.8 Å². The van der Waals surface area contributed by atoms with Gasteiger partial charge in [-0.15, -0.1) is 0 Å². The number of allylic oxidation sites excluding steroid dienone is 3. The summed E-state index contributed by atoms with van der Waals surface area (Å²) in [6.07, 6.45) is 6.54. The average Bonchev–Trinajstić information content (AvgIpc) is 2.52. The molecule has 0 unspecified atom stereocenters. The second-order valence-corrected chi connectivity index (χ2v) is 6.14. The topological polar surface area (TPSA) is 20.2 Å². The number of hydrogen-bond donors (Lipinski definition) is 1. The summed E-state index contributed by atoms with van der Waals surface area (Å²) in [6, 6.07) is 0. The van der Waals surface area contributed by atoms with Crippen LogP contribution in [0.1, 0.15) is 46.5 Å². The van der Waals surface area contributed by atoms with Crippen molar-refractivity contribution < 1.29 is 5.11 Å². The lowest BCUT2D eigenvalue weighted by Gasteiger charge is -2.43. The van der Waals surface area contributed by atoms with E-state index < -0.39 is 0 Å². The van der Waals surface area contributed by atoms with Crippen molar-refractivity contribution in [1.29, 1.82) is 0 Å². The highest BCUT2D eigenvalue weighted by atomic mass is 16.3. The molecule has 2 saturated carbocycles. The first-order chi connectivity index (χ1) is 7.45. The van der Waals surface area contributed by atoms with E-state index in [-0.39, 0.29) is 11.5 Å². The first kappa shape index (κ1) is 11.9. The van der Waals surface area contributed by atoms with E-state index >= 15 is 0 Å². The third kappa shape index (κ3) is 1.75. The maximum absolute atomic E-state index is 10.2. The van der Waals surface area contributed by atoms with Gasteiger partial charge in [-0.05, 0) is 51.4 Å². The molecule has 1 nitrogen and oxygen atoms in total. The lowest BCUT2D eigenvalue weighted by molar-refractivity contribution is -0.00816. The third-order valence-corrected chi connectivity index (χ3v) is 4.64. The molecule has 2 aliphatic carbocycles. The monoisotopic (exact) mass is 220 g/mol. The Balaban J connectivity index is 2.30. The summed E-state index contributed by atoms with van der Waals surface area (Å²) in [7, 11) is 0. The van der Waals surface area contributed by atoms with Crippen molar-refractivity contribution in [3.8, 4) is 0 Å². The van der Waals surface area contributed by atoms with Crippen molar-refractivity contribution in [3.63, 3.8) is 0 Å². The molecule has 0 spiro atoms. The summed E-state index contributed by atoms with van der Waals surface area (Å²) in [5, 5.41) is 10.2. The number of fused-ring (bicyclic) bond motifs is 1. The zero-order valence-electron chi connectivity index (χ0n) is 10.8. The Morgan fingerprint density at radius 2 is 2.12 bits per heavy atom. The Morgan fingerprint density at radius 3 is 2.75 bits per heavy atom. The maximum atomic E-state index is 10.2. The van der Waals surface area contributed by atoms with Gasteiger partial charge in [0.15, 0.2) is 0 Å². The van der Waals surface area contributed by atoms with Crippen molar-refractivity contribution >= 4 is 0 Å². The van der Waals surface area contributed by atoms with Gasteiger partial charge in [0.25, 0.3) is 0 Å². The zero-order chi connectivity index (χ0) is 11.9. The molecule has 2 aliphatic rings. The molecule has 0 aliphatic heterocycles. The molecule has 2 rings (SSSR count). The highest BCUT2D eigenvalue weighted by molar-refractivity contribution is 5.21. The van der Waals surface area contributed by atoms with E-state index in [0.717, 1.165) is 19.3 Å². The van der Waals surface area contributed by atoms with Gasteiger partial charge in [0.05, 0.1) is 6.10 Å². The molecule has 4 atom stereocenters. The van der Waals surface area contributed by atoms with Crippen LogP contribution in [0.15, 0.2) is 23.8 Å². The second-order valence-electron chi connectivity index (χ2n) is 6.14. The van der Waals surface area contributed by atoms with Gasteiger partial charge >= 0.3 is 0 Å². The predicted molar refractivity (Wildman–Crippen MR) is 68.1 cm³/mol. The molecule has 0 heterocycles. The standard InChI is InChI=1S/C15H24O/c1-10(2)9-12-7-8-15(4)13(16)6-5-11(3)14(12)15/h9,12-14,16H,3,5-8H2,1-2,4H3/t12-,13-,14-,15+/m1/s1. The minimum absolute atomic E-state index is 0.0892. The van der Waals surface area contributed by atoms with E-state index in [1.807, 2.05) is 0 Å². The predicted octanol–water partition coefficient (Wildman–Crippen LogP) is 3.70. The van der Waals surface area contributed by atoms with E-state index in [2.05, 4.69) is 33.4 Å². The molecular weight excluding hydrogens is 196 g/mol. The smallest absolute Gasteiger partial charge is 0.0602 e. The third-order valence-electron chi connectivity index (χ3n) is 4.64. The summed E-state index contributed by atoms with van der Waals surface area (Å²) in [5.41, 5.74) is 2.85. The van der Waals surface area contributed by atoms with Crippen LogP contribution < -0.4 is 0 Å². The van der Waals surface area contributed by atoms with Crippen molar-refractivity contribution in [2.24, 2.45) is 17.3 Å². The van der Waals surface area contributed by atoms with E-state index in [1.165, 1.54) is 17.6 Å².